The summed E-state index contributed by atoms with van der Waals surface area (Å²) in [7, 11) is -1.28. The van der Waals surface area contributed by atoms with Crippen molar-refractivity contribution in [1.29, 1.82) is 0 Å². The number of esters is 1. The summed E-state index contributed by atoms with van der Waals surface area (Å²) in [6, 6.07) is 4.04. The molecule has 1 rings (SSSR count). The first-order valence-electron chi connectivity index (χ1n) is 4.16. The van der Waals surface area contributed by atoms with Crippen LogP contribution in [0.15, 0.2) is 27.6 Å². The van der Waals surface area contributed by atoms with Gasteiger partial charge in [0, 0.05) is 42.1 Å². The van der Waals surface area contributed by atoms with Crippen molar-refractivity contribution in [3.8, 4) is 0 Å². The van der Waals surface area contributed by atoms with Gasteiger partial charge in [-0.1, -0.05) is 0 Å². The molecule has 0 aliphatic heterocycles. The van der Waals surface area contributed by atoms with Crippen LogP contribution in [-0.2, 0) is 47.5 Å². The van der Waals surface area contributed by atoms with Crippen molar-refractivity contribution in [2.24, 2.45) is 0 Å². The Kier molecular flexibility index (Phi) is 9.54. The van der Waals surface area contributed by atoms with E-state index in [9.17, 15) is 13.2 Å². The van der Waals surface area contributed by atoms with Crippen LogP contribution in [0.4, 0.5) is 0 Å². The van der Waals surface area contributed by atoms with Crippen LogP contribution in [0.2, 0.25) is 0 Å². The van der Waals surface area contributed by atoms with Gasteiger partial charge in [-0.2, -0.15) is 7.05 Å². The molecule has 0 heterocycles. The van der Waals surface area contributed by atoms with Crippen LogP contribution < -0.4 is 0 Å². The molecule has 0 fully saturated rings. The van der Waals surface area contributed by atoms with Crippen molar-refractivity contribution in [3.05, 3.63) is 40.4 Å². The fourth-order valence-corrected chi connectivity index (χ4v) is 2.16. The summed E-state index contributed by atoms with van der Waals surface area (Å²) in [5.74, 6) is -0.611. The maximum Gasteiger partial charge on any atom is 0.339 e. The molecule has 8 heteroatoms. The molecule has 0 unspecified atom stereocenters. The smallest absolute Gasteiger partial charge is 0.339 e. The Balaban J connectivity index is 0. The van der Waals surface area contributed by atoms with Crippen molar-refractivity contribution in [2.45, 2.75) is 4.90 Å². The predicted molar refractivity (Wildman–Crippen MR) is 68.4 cm³/mol. The Morgan fingerprint density at radius 1 is 1.39 bits per heavy atom. The van der Waals surface area contributed by atoms with E-state index in [-0.39, 0.29) is 50.6 Å². The zero-order valence-corrected chi connectivity index (χ0v) is 15.4. The van der Waals surface area contributed by atoms with Crippen LogP contribution in [0.25, 0.3) is 4.72 Å². The van der Waals surface area contributed by atoms with E-state index in [4.69, 9.17) is 0 Å². The van der Waals surface area contributed by atoms with Crippen molar-refractivity contribution < 1.29 is 50.7 Å². The topological polar surface area (TPSA) is 74.5 Å². The van der Waals surface area contributed by atoms with Gasteiger partial charge in [0.25, 0.3) is 0 Å². The van der Waals surface area contributed by atoms with Gasteiger partial charge in [-0.05, 0) is 34.1 Å². The summed E-state index contributed by atoms with van der Waals surface area (Å²) in [5, 5.41) is 0. The molecule has 0 N–H and O–H groups in total. The van der Waals surface area contributed by atoms with E-state index in [0.717, 1.165) is 0 Å². The molecular formula is C10H12BrNO4SY-2. The van der Waals surface area contributed by atoms with E-state index in [1.54, 1.807) is 0 Å². The van der Waals surface area contributed by atoms with Crippen molar-refractivity contribution in [2.75, 3.05) is 14.2 Å². The third-order valence-electron chi connectivity index (χ3n) is 1.88. The fourth-order valence-electron chi connectivity index (χ4n) is 1.04. The van der Waals surface area contributed by atoms with E-state index in [1.165, 1.54) is 32.4 Å². The van der Waals surface area contributed by atoms with Crippen LogP contribution in [-0.4, -0.2) is 28.5 Å². The predicted octanol–water partition coefficient (Wildman–Crippen LogP) is 2.38. The number of halogens is 1. The zero-order chi connectivity index (χ0) is 12.3. The number of methoxy groups -OCH3 is 1. The van der Waals surface area contributed by atoms with Crippen molar-refractivity contribution >= 4 is 31.9 Å². The molecule has 0 atom stereocenters. The van der Waals surface area contributed by atoms with E-state index in [0.29, 0.717) is 4.47 Å². The van der Waals surface area contributed by atoms with E-state index in [2.05, 4.69) is 25.4 Å². The number of carbonyl (C=O) groups excluding carboxylic acids is 1. The van der Waals surface area contributed by atoms with Gasteiger partial charge in [0.2, 0.25) is 0 Å². The molecule has 99 valence electrons. The minimum absolute atomic E-state index is 0. The van der Waals surface area contributed by atoms with Gasteiger partial charge in [-0.15, -0.1) is 0 Å². The zero-order valence-electron chi connectivity index (χ0n) is 10.2. The monoisotopic (exact) mass is 410 g/mol. The summed E-state index contributed by atoms with van der Waals surface area (Å²) in [6.07, 6.45) is 0. The molecule has 0 aliphatic carbocycles. The van der Waals surface area contributed by atoms with Gasteiger partial charge >= 0.3 is 5.97 Å². The van der Waals surface area contributed by atoms with Crippen LogP contribution in [0.3, 0.4) is 0 Å². The number of rotatable bonds is 3. The molecule has 0 saturated heterocycles. The summed E-state index contributed by atoms with van der Waals surface area (Å²) >= 11 is 3.13. The Hall–Kier alpha value is 0.184. The number of ether oxygens (including phenoxy) is 1. The van der Waals surface area contributed by atoms with Crippen LogP contribution in [0.1, 0.15) is 10.4 Å². The number of nitrogens with zero attached hydrogens (tertiary/aromatic N) is 1. The van der Waals surface area contributed by atoms with Gasteiger partial charge in [0.15, 0.2) is 0 Å². The number of carbonyl (C=O) groups is 1. The normalized spacial score (nSPS) is 9.94. The Bertz CT molecular complexity index is 519. The van der Waals surface area contributed by atoms with Crippen LogP contribution >= 0.6 is 15.9 Å². The number of hydrogen-bond donors (Lipinski definition) is 0. The quantitative estimate of drug-likeness (QED) is 0.566. The van der Waals surface area contributed by atoms with E-state index in [1.807, 2.05) is 0 Å². The molecule has 1 aromatic carbocycles. The van der Waals surface area contributed by atoms with E-state index >= 15 is 0 Å². The Morgan fingerprint density at radius 2 is 1.94 bits per heavy atom. The average molecular weight is 411 g/mol. The first-order valence-corrected chi connectivity index (χ1v) is 6.39. The summed E-state index contributed by atoms with van der Waals surface area (Å²) in [4.78, 5) is 11.3. The van der Waals surface area contributed by atoms with Gasteiger partial charge in [0.1, 0.15) is 10.0 Å². The van der Waals surface area contributed by atoms with Gasteiger partial charge in [-0.25, -0.2) is 13.2 Å². The Morgan fingerprint density at radius 3 is 2.39 bits per heavy atom. The Labute approximate surface area is 141 Å². The molecule has 0 bridgehead atoms. The largest absolute Gasteiger partial charge is 0.547 e. The second-order valence-corrected chi connectivity index (χ2v) is 5.43. The van der Waals surface area contributed by atoms with E-state index < -0.39 is 16.0 Å². The van der Waals surface area contributed by atoms with Gasteiger partial charge < -0.3 is 16.9 Å². The minimum atomic E-state index is -3.68. The molecule has 1 aromatic rings. The molecular weight excluding hydrogens is 399 g/mol. The molecule has 0 aromatic heterocycles. The van der Waals surface area contributed by atoms with Crippen LogP contribution in [0.5, 0.6) is 0 Å². The fraction of sp³-hybridized carbons (Fsp3) is 0.200. The molecule has 0 amide bonds. The number of benzene rings is 1. The SMILES string of the molecule is C[N-]S(=O)(=O)c1ccc(Br)c(C(=O)OC)c1.[CH3-].[Y]. The average Bonchev–Trinajstić information content (AvgIpc) is 2.28. The first kappa shape index (κ1) is 20.5. The maximum atomic E-state index is 11.4. The standard InChI is InChI=1S/C9H9BrNO4S.CH3.Y/c1-11-16(13,14)6-3-4-8(10)7(5-6)9(12)15-2;;/h3-5H,1-2H3;1H3;/q2*-1;. The molecule has 5 nitrogen and oxygen atoms in total. The molecule has 1 radical (unpaired) electrons. The summed E-state index contributed by atoms with van der Waals surface area (Å²) in [5.41, 5.74) is 0.146. The second kappa shape index (κ2) is 8.37. The third-order valence-corrected chi connectivity index (χ3v) is 3.90. The van der Waals surface area contributed by atoms with Crippen molar-refractivity contribution in [1.82, 2.24) is 0 Å². The summed E-state index contributed by atoms with van der Waals surface area (Å²) in [6.45, 7) is 0. The third kappa shape index (κ3) is 4.70. The first-order chi connectivity index (χ1) is 7.42. The van der Waals surface area contributed by atoms with Crippen molar-refractivity contribution in [3.63, 3.8) is 0 Å². The summed E-state index contributed by atoms with van der Waals surface area (Å²) < 4.78 is 31.1. The minimum Gasteiger partial charge on any atom is -0.547 e. The van der Waals surface area contributed by atoms with Gasteiger partial charge in [0.05, 0.1) is 12.7 Å². The molecule has 0 spiro atoms. The number of sulfonamides is 1. The molecule has 0 saturated carbocycles. The van der Waals surface area contributed by atoms with Crippen LogP contribution in [0, 0.1) is 7.43 Å². The maximum absolute atomic E-state index is 11.4. The second-order valence-electron chi connectivity index (χ2n) is 2.79. The van der Waals surface area contributed by atoms with Gasteiger partial charge in [-0.3, -0.25) is 0 Å². The molecule has 0 aliphatic rings. The number of hydrogen-bond acceptors (Lipinski definition) is 4. The molecule has 18 heavy (non-hydrogen) atoms.